The molecule has 110 valence electrons. The van der Waals surface area contributed by atoms with Crippen LogP contribution in [0, 0.1) is 0 Å². The first kappa shape index (κ1) is 14.7. The van der Waals surface area contributed by atoms with E-state index in [9.17, 15) is 9.59 Å². The summed E-state index contributed by atoms with van der Waals surface area (Å²) in [6.07, 6.45) is 4.04. The monoisotopic (exact) mass is 288 g/mol. The van der Waals surface area contributed by atoms with E-state index in [2.05, 4.69) is 15.6 Å². The average molecular weight is 288 g/mol. The van der Waals surface area contributed by atoms with Gasteiger partial charge in [0.2, 0.25) is 5.91 Å². The molecule has 7 heteroatoms. The van der Waals surface area contributed by atoms with Crippen molar-refractivity contribution in [2.24, 2.45) is 0 Å². The highest BCUT2D eigenvalue weighted by Crippen LogP contribution is 2.08. The number of carbonyl (C=O) groups excluding carboxylic acids is 1. The van der Waals surface area contributed by atoms with Gasteiger partial charge in [-0.3, -0.25) is 9.48 Å². The van der Waals surface area contributed by atoms with Gasteiger partial charge in [0.25, 0.3) is 0 Å². The summed E-state index contributed by atoms with van der Waals surface area (Å²) in [6.45, 7) is 0.873. The summed E-state index contributed by atoms with van der Waals surface area (Å²) in [5, 5.41) is 19.2. The molecule has 0 saturated carbocycles. The zero-order chi connectivity index (χ0) is 15.1. The highest BCUT2D eigenvalue weighted by Gasteiger charge is 2.09. The summed E-state index contributed by atoms with van der Waals surface area (Å²) < 4.78 is 1.58. The number of aromatic carboxylic acids is 1. The first-order valence-corrected chi connectivity index (χ1v) is 6.59. The Balaban J connectivity index is 1.76. The number of aryl methyl sites for hydroxylation is 1. The summed E-state index contributed by atoms with van der Waals surface area (Å²) in [6, 6.07) is 6.78. The fourth-order valence-corrected chi connectivity index (χ4v) is 1.94. The summed E-state index contributed by atoms with van der Waals surface area (Å²) in [7, 11) is 0. The fraction of sp³-hybridized carbons (Fsp3) is 0.286. The van der Waals surface area contributed by atoms with E-state index in [-0.39, 0.29) is 11.5 Å². The topological polar surface area (TPSA) is 97.1 Å². The number of hydrogen-bond acceptors (Lipinski definition) is 4. The molecular formula is C14H16N4O3. The largest absolute Gasteiger partial charge is 0.478 e. The van der Waals surface area contributed by atoms with Gasteiger partial charge in [-0.1, -0.05) is 23.4 Å². The molecule has 2 aromatic rings. The maximum Gasteiger partial charge on any atom is 0.335 e. The highest BCUT2D eigenvalue weighted by molar-refractivity contribution is 5.89. The smallest absolute Gasteiger partial charge is 0.335 e. The minimum Gasteiger partial charge on any atom is -0.478 e. The van der Waals surface area contributed by atoms with Crippen LogP contribution in [0.1, 0.15) is 22.3 Å². The van der Waals surface area contributed by atoms with Gasteiger partial charge in [0, 0.05) is 19.2 Å². The number of hydrogen-bond donors (Lipinski definition) is 2. The van der Waals surface area contributed by atoms with Gasteiger partial charge in [-0.2, -0.15) is 0 Å². The Bertz CT molecular complexity index is 610. The maximum atomic E-state index is 11.7. The van der Waals surface area contributed by atoms with Gasteiger partial charge in [-0.05, 0) is 18.1 Å². The van der Waals surface area contributed by atoms with E-state index in [1.807, 2.05) is 0 Å². The quantitative estimate of drug-likeness (QED) is 0.782. The summed E-state index contributed by atoms with van der Waals surface area (Å²) in [4.78, 5) is 22.7. The third kappa shape index (κ3) is 4.41. The first-order chi connectivity index (χ1) is 10.2. The van der Waals surface area contributed by atoms with Crippen molar-refractivity contribution in [3.63, 3.8) is 0 Å². The number of nitrogens with one attached hydrogen (secondary N) is 1. The zero-order valence-corrected chi connectivity index (χ0v) is 11.4. The van der Waals surface area contributed by atoms with E-state index in [1.54, 1.807) is 41.3 Å². The van der Waals surface area contributed by atoms with Crippen LogP contribution in [-0.2, 0) is 17.8 Å². The number of benzene rings is 1. The summed E-state index contributed by atoms with van der Waals surface area (Å²) in [5.74, 6) is -1.05. The van der Waals surface area contributed by atoms with Crippen LogP contribution >= 0.6 is 0 Å². The lowest BCUT2D eigenvalue weighted by Gasteiger charge is -2.07. The molecule has 0 bridgehead atoms. The molecule has 2 N–H and O–H groups in total. The van der Waals surface area contributed by atoms with Gasteiger partial charge >= 0.3 is 5.97 Å². The van der Waals surface area contributed by atoms with Crippen molar-refractivity contribution < 1.29 is 14.7 Å². The van der Waals surface area contributed by atoms with Crippen LogP contribution in [0.15, 0.2) is 36.7 Å². The second-order valence-corrected chi connectivity index (χ2v) is 4.48. The van der Waals surface area contributed by atoms with Crippen molar-refractivity contribution in [2.75, 3.05) is 6.54 Å². The molecule has 1 aromatic heterocycles. The molecule has 7 nitrogen and oxygen atoms in total. The van der Waals surface area contributed by atoms with E-state index < -0.39 is 5.97 Å². The van der Waals surface area contributed by atoms with Gasteiger partial charge in [-0.25, -0.2) is 4.79 Å². The van der Waals surface area contributed by atoms with Crippen LogP contribution < -0.4 is 5.32 Å². The van der Waals surface area contributed by atoms with Crippen molar-refractivity contribution in [1.82, 2.24) is 20.3 Å². The number of rotatable bonds is 7. The van der Waals surface area contributed by atoms with Gasteiger partial charge in [-0.15, -0.1) is 5.10 Å². The molecule has 0 fully saturated rings. The molecule has 0 saturated heterocycles. The predicted octanol–water partition coefficient (Wildman–Crippen LogP) is 0.725. The van der Waals surface area contributed by atoms with Crippen LogP contribution in [-0.4, -0.2) is 38.5 Å². The SMILES string of the molecule is O=C(CCn1ccnn1)NCCc1ccccc1C(=O)O. The molecule has 0 spiro atoms. The lowest BCUT2D eigenvalue weighted by atomic mass is 10.0. The lowest BCUT2D eigenvalue weighted by Crippen LogP contribution is -2.27. The molecule has 0 unspecified atom stereocenters. The van der Waals surface area contributed by atoms with Gasteiger partial charge in [0.05, 0.1) is 18.3 Å². The first-order valence-electron chi connectivity index (χ1n) is 6.59. The molecular weight excluding hydrogens is 272 g/mol. The Labute approximate surface area is 121 Å². The molecule has 0 aliphatic heterocycles. The Morgan fingerprint density at radius 3 is 2.81 bits per heavy atom. The highest BCUT2D eigenvalue weighted by atomic mass is 16.4. The molecule has 1 aromatic carbocycles. The third-order valence-corrected chi connectivity index (χ3v) is 3.00. The Kier molecular flexibility index (Phi) is 5.03. The molecule has 2 rings (SSSR count). The second kappa shape index (κ2) is 7.18. The maximum absolute atomic E-state index is 11.7. The summed E-state index contributed by atoms with van der Waals surface area (Å²) >= 11 is 0. The van der Waals surface area contributed by atoms with Crippen LogP contribution in [0.25, 0.3) is 0 Å². The average Bonchev–Trinajstić information content (AvgIpc) is 2.99. The molecule has 0 aliphatic carbocycles. The van der Waals surface area contributed by atoms with E-state index in [0.717, 1.165) is 0 Å². The number of carbonyl (C=O) groups is 2. The Hall–Kier alpha value is -2.70. The zero-order valence-electron chi connectivity index (χ0n) is 11.4. The van der Waals surface area contributed by atoms with Crippen molar-refractivity contribution in [1.29, 1.82) is 0 Å². The molecule has 0 aliphatic rings. The van der Waals surface area contributed by atoms with Gasteiger partial charge in [0.15, 0.2) is 0 Å². The number of amides is 1. The van der Waals surface area contributed by atoms with E-state index in [1.165, 1.54) is 0 Å². The van der Waals surface area contributed by atoms with Crippen molar-refractivity contribution in [3.05, 3.63) is 47.8 Å². The van der Waals surface area contributed by atoms with Crippen molar-refractivity contribution in [2.45, 2.75) is 19.4 Å². The van der Waals surface area contributed by atoms with Gasteiger partial charge < -0.3 is 10.4 Å². The van der Waals surface area contributed by atoms with E-state index >= 15 is 0 Å². The summed E-state index contributed by atoms with van der Waals surface area (Å²) in [5.41, 5.74) is 0.982. The number of carboxylic acids is 1. The fourth-order valence-electron chi connectivity index (χ4n) is 1.94. The van der Waals surface area contributed by atoms with Crippen LogP contribution in [0.2, 0.25) is 0 Å². The number of aromatic nitrogens is 3. The molecule has 21 heavy (non-hydrogen) atoms. The van der Waals surface area contributed by atoms with E-state index in [0.29, 0.717) is 31.5 Å². The molecule has 0 atom stereocenters. The molecule has 0 radical (unpaired) electrons. The molecule has 1 heterocycles. The number of nitrogens with zero attached hydrogens (tertiary/aromatic N) is 3. The minimum atomic E-state index is -0.955. The Morgan fingerprint density at radius 1 is 1.29 bits per heavy atom. The van der Waals surface area contributed by atoms with Crippen LogP contribution in [0.5, 0.6) is 0 Å². The van der Waals surface area contributed by atoms with Crippen molar-refractivity contribution in [3.8, 4) is 0 Å². The minimum absolute atomic E-state index is 0.0988. The van der Waals surface area contributed by atoms with E-state index in [4.69, 9.17) is 5.11 Å². The normalized spacial score (nSPS) is 10.3. The second-order valence-electron chi connectivity index (χ2n) is 4.48. The van der Waals surface area contributed by atoms with Crippen molar-refractivity contribution >= 4 is 11.9 Å². The van der Waals surface area contributed by atoms with Crippen LogP contribution in [0.4, 0.5) is 0 Å². The lowest BCUT2D eigenvalue weighted by molar-refractivity contribution is -0.121. The number of carboxylic acid groups (broad SMARTS) is 1. The predicted molar refractivity (Wildman–Crippen MR) is 74.8 cm³/mol. The Morgan fingerprint density at radius 2 is 2.10 bits per heavy atom. The third-order valence-electron chi connectivity index (χ3n) is 3.00. The molecule has 1 amide bonds. The van der Waals surface area contributed by atoms with Gasteiger partial charge in [0.1, 0.15) is 0 Å². The standard InChI is InChI=1S/C14H16N4O3/c19-13(6-9-18-10-8-16-17-18)15-7-5-11-3-1-2-4-12(11)14(20)21/h1-4,8,10H,5-7,9H2,(H,15,19)(H,20,21). The van der Waals surface area contributed by atoms with Crippen LogP contribution in [0.3, 0.4) is 0 Å².